The smallest absolute Gasteiger partial charge is 0.335 e. The molecule has 182 valence electrons. The third kappa shape index (κ3) is 5.61. The zero-order valence-corrected chi connectivity index (χ0v) is 20.5. The lowest BCUT2D eigenvalue weighted by Crippen LogP contribution is -2.54. The molecule has 1 fully saturated rings. The van der Waals surface area contributed by atoms with E-state index in [0.29, 0.717) is 15.7 Å². The summed E-state index contributed by atoms with van der Waals surface area (Å²) >= 11 is 3.35. The van der Waals surface area contributed by atoms with Crippen LogP contribution in [0.25, 0.3) is 6.08 Å². The SMILES string of the molecule is Cc1ccc(NC(=O)COc2ccc(Br)cc2/C=C2\C(=O)NC(=O)N(c3ccc(O)cc3)C2=O)cc1. The van der Waals surface area contributed by atoms with E-state index in [9.17, 15) is 24.3 Å². The van der Waals surface area contributed by atoms with Crippen molar-refractivity contribution >= 4 is 57.1 Å². The molecule has 0 atom stereocenters. The van der Waals surface area contributed by atoms with Crippen LogP contribution in [-0.2, 0) is 14.4 Å². The van der Waals surface area contributed by atoms with E-state index in [0.717, 1.165) is 10.5 Å². The van der Waals surface area contributed by atoms with Gasteiger partial charge in [0.25, 0.3) is 17.7 Å². The van der Waals surface area contributed by atoms with Crippen LogP contribution in [0, 0.1) is 6.92 Å². The van der Waals surface area contributed by atoms with Gasteiger partial charge < -0.3 is 15.2 Å². The van der Waals surface area contributed by atoms with Gasteiger partial charge in [-0.05, 0) is 67.6 Å². The van der Waals surface area contributed by atoms with Crippen LogP contribution in [0.4, 0.5) is 16.2 Å². The predicted molar refractivity (Wildman–Crippen MR) is 137 cm³/mol. The average Bonchev–Trinajstić information content (AvgIpc) is 2.84. The fraction of sp³-hybridized carbons (Fsp3) is 0.0769. The number of rotatable bonds is 6. The first-order valence-corrected chi connectivity index (χ1v) is 11.5. The van der Waals surface area contributed by atoms with Crippen molar-refractivity contribution in [2.24, 2.45) is 0 Å². The summed E-state index contributed by atoms with van der Waals surface area (Å²) in [5.41, 5.74) is 1.88. The molecule has 10 heteroatoms. The molecule has 0 unspecified atom stereocenters. The number of urea groups is 1. The summed E-state index contributed by atoms with van der Waals surface area (Å²) < 4.78 is 6.32. The van der Waals surface area contributed by atoms with E-state index in [1.54, 1.807) is 30.3 Å². The summed E-state index contributed by atoms with van der Waals surface area (Å²) in [6.07, 6.45) is 1.29. The van der Waals surface area contributed by atoms with Gasteiger partial charge in [-0.3, -0.25) is 19.7 Å². The number of carbonyl (C=O) groups excluding carboxylic acids is 4. The van der Waals surface area contributed by atoms with Crippen LogP contribution in [0.1, 0.15) is 11.1 Å². The molecule has 5 amide bonds. The molecule has 1 saturated heterocycles. The standard InChI is InChI=1S/C26H20BrN3O6/c1-15-2-5-18(6-3-15)28-23(32)14-36-22-11-4-17(27)12-16(22)13-21-24(33)29-26(35)30(25(21)34)19-7-9-20(31)10-8-19/h2-13,31H,14H2,1H3,(H,28,32)(H,29,33,35)/b21-13+. The Bertz CT molecular complexity index is 1380. The summed E-state index contributed by atoms with van der Waals surface area (Å²) in [4.78, 5) is 51.2. The van der Waals surface area contributed by atoms with E-state index in [1.807, 2.05) is 19.1 Å². The number of anilines is 2. The first-order valence-electron chi connectivity index (χ1n) is 10.7. The Morgan fingerprint density at radius 1 is 1.06 bits per heavy atom. The van der Waals surface area contributed by atoms with Crippen LogP contribution in [0.3, 0.4) is 0 Å². The van der Waals surface area contributed by atoms with Crippen molar-refractivity contribution in [3.63, 3.8) is 0 Å². The summed E-state index contributed by atoms with van der Waals surface area (Å²) in [5, 5.41) is 14.4. The second-order valence-corrected chi connectivity index (χ2v) is 8.77. The number of nitrogens with zero attached hydrogens (tertiary/aromatic N) is 1. The van der Waals surface area contributed by atoms with Gasteiger partial charge in [0.2, 0.25) is 0 Å². The highest BCUT2D eigenvalue weighted by Crippen LogP contribution is 2.28. The Morgan fingerprint density at radius 3 is 2.44 bits per heavy atom. The summed E-state index contributed by atoms with van der Waals surface area (Å²) in [5.74, 6) is -1.91. The Labute approximate surface area is 214 Å². The van der Waals surface area contributed by atoms with E-state index < -0.39 is 23.8 Å². The Balaban J connectivity index is 1.57. The van der Waals surface area contributed by atoms with Crippen LogP contribution < -0.4 is 20.3 Å². The molecule has 4 rings (SSSR count). The molecule has 0 aliphatic carbocycles. The lowest BCUT2D eigenvalue weighted by Gasteiger charge is -2.26. The van der Waals surface area contributed by atoms with Gasteiger partial charge >= 0.3 is 6.03 Å². The third-order valence-corrected chi connectivity index (χ3v) is 5.67. The lowest BCUT2D eigenvalue weighted by atomic mass is 10.1. The number of barbiturate groups is 1. The normalized spacial score (nSPS) is 14.6. The van der Waals surface area contributed by atoms with Gasteiger partial charge in [0, 0.05) is 15.7 Å². The van der Waals surface area contributed by atoms with Crippen LogP contribution >= 0.6 is 15.9 Å². The Kier molecular flexibility index (Phi) is 7.16. The van der Waals surface area contributed by atoms with Crippen LogP contribution in [0.15, 0.2) is 76.8 Å². The van der Waals surface area contributed by atoms with Gasteiger partial charge in [-0.2, -0.15) is 0 Å². The molecule has 0 saturated carbocycles. The van der Waals surface area contributed by atoms with Crippen LogP contribution in [0.5, 0.6) is 11.5 Å². The summed E-state index contributed by atoms with van der Waals surface area (Å²) in [7, 11) is 0. The molecule has 0 spiro atoms. The van der Waals surface area contributed by atoms with E-state index >= 15 is 0 Å². The lowest BCUT2D eigenvalue weighted by molar-refractivity contribution is -0.122. The maximum Gasteiger partial charge on any atom is 0.335 e. The minimum absolute atomic E-state index is 0.0437. The fourth-order valence-corrected chi connectivity index (χ4v) is 3.77. The fourth-order valence-electron chi connectivity index (χ4n) is 3.39. The number of phenols is 1. The van der Waals surface area contributed by atoms with E-state index in [4.69, 9.17) is 4.74 Å². The largest absolute Gasteiger partial charge is 0.508 e. The first-order chi connectivity index (χ1) is 17.2. The number of aromatic hydroxyl groups is 1. The second-order valence-electron chi connectivity index (χ2n) is 7.86. The summed E-state index contributed by atoms with van der Waals surface area (Å²) in [6, 6.07) is 16.6. The molecule has 1 aliphatic rings. The topological polar surface area (TPSA) is 125 Å². The number of ether oxygens (including phenoxy) is 1. The predicted octanol–water partition coefficient (Wildman–Crippen LogP) is 4.15. The van der Waals surface area contributed by atoms with Crippen LogP contribution in [0.2, 0.25) is 0 Å². The molecule has 3 aromatic carbocycles. The Morgan fingerprint density at radius 2 is 1.75 bits per heavy atom. The molecule has 3 aromatic rings. The van der Waals surface area contributed by atoms with Crippen molar-refractivity contribution in [2.75, 3.05) is 16.8 Å². The number of halogens is 1. The monoisotopic (exact) mass is 549 g/mol. The van der Waals surface area contributed by atoms with Crippen LogP contribution in [-0.4, -0.2) is 35.5 Å². The van der Waals surface area contributed by atoms with Gasteiger partial charge in [0.15, 0.2) is 6.61 Å². The van der Waals surface area contributed by atoms with E-state index in [1.165, 1.54) is 30.3 Å². The molecule has 36 heavy (non-hydrogen) atoms. The zero-order chi connectivity index (χ0) is 25.8. The molecule has 0 aromatic heterocycles. The molecular weight excluding hydrogens is 530 g/mol. The van der Waals surface area contributed by atoms with Gasteiger partial charge in [0.1, 0.15) is 17.1 Å². The highest BCUT2D eigenvalue weighted by Gasteiger charge is 2.37. The molecule has 3 N–H and O–H groups in total. The van der Waals surface area contributed by atoms with Crippen molar-refractivity contribution in [2.45, 2.75) is 6.92 Å². The maximum atomic E-state index is 13.1. The van der Waals surface area contributed by atoms with Crippen molar-refractivity contribution in [3.8, 4) is 11.5 Å². The molecule has 1 aliphatic heterocycles. The minimum Gasteiger partial charge on any atom is -0.508 e. The van der Waals surface area contributed by atoms with Crippen molar-refractivity contribution in [1.82, 2.24) is 5.32 Å². The second kappa shape index (κ2) is 10.4. The summed E-state index contributed by atoms with van der Waals surface area (Å²) in [6.45, 7) is 1.62. The number of nitrogens with one attached hydrogen (secondary N) is 2. The number of amides is 5. The highest BCUT2D eigenvalue weighted by atomic mass is 79.9. The number of phenolic OH excluding ortho intramolecular Hbond substituents is 1. The Hall–Kier alpha value is -4.44. The van der Waals surface area contributed by atoms with Gasteiger partial charge in [-0.1, -0.05) is 33.6 Å². The zero-order valence-electron chi connectivity index (χ0n) is 18.9. The number of benzene rings is 3. The average molecular weight is 550 g/mol. The van der Waals surface area contributed by atoms with Crippen molar-refractivity contribution in [3.05, 3.63) is 87.9 Å². The molecule has 9 nitrogen and oxygen atoms in total. The molecule has 0 radical (unpaired) electrons. The first kappa shape index (κ1) is 24.7. The molecule has 0 bridgehead atoms. The third-order valence-electron chi connectivity index (χ3n) is 5.18. The molecule has 1 heterocycles. The number of carbonyl (C=O) groups is 4. The van der Waals surface area contributed by atoms with Crippen molar-refractivity contribution < 1.29 is 29.0 Å². The van der Waals surface area contributed by atoms with E-state index in [-0.39, 0.29) is 29.4 Å². The van der Waals surface area contributed by atoms with Gasteiger partial charge in [-0.15, -0.1) is 0 Å². The van der Waals surface area contributed by atoms with Crippen molar-refractivity contribution in [1.29, 1.82) is 0 Å². The quantitative estimate of drug-likeness (QED) is 0.313. The minimum atomic E-state index is -0.911. The number of imide groups is 2. The number of aryl methyl sites for hydroxylation is 1. The number of hydrogen-bond donors (Lipinski definition) is 3. The van der Waals surface area contributed by atoms with Gasteiger partial charge in [-0.25, -0.2) is 9.69 Å². The number of hydrogen-bond acceptors (Lipinski definition) is 6. The maximum absolute atomic E-state index is 13.1. The molecular formula is C26H20BrN3O6. The van der Waals surface area contributed by atoms with Gasteiger partial charge in [0.05, 0.1) is 5.69 Å². The van der Waals surface area contributed by atoms with E-state index in [2.05, 4.69) is 26.6 Å². The highest BCUT2D eigenvalue weighted by molar-refractivity contribution is 9.10.